The lowest BCUT2D eigenvalue weighted by molar-refractivity contribution is 0.0246. The Morgan fingerprint density at radius 3 is 2.79 bits per heavy atom. The van der Waals surface area contributed by atoms with Crippen LogP contribution in [0.4, 0.5) is 4.39 Å². The number of aliphatic hydroxyl groups is 1. The standard InChI is InChI=1S/C23H23ClFN5O3/c24-16-9-18-13(7-17(16)25)8-19(27-18)22(33)28-5-6-30-20(12-28)15(11-26-30)21(32)29-4-1-14(31)10-23(29)2-3-23/h7-9,11,14,27,31H,1-6,10,12H2. The zero-order chi connectivity index (χ0) is 22.9. The molecule has 1 saturated carbocycles. The first-order valence-corrected chi connectivity index (χ1v) is 11.5. The van der Waals surface area contributed by atoms with Crippen LogP contribution < -0.4 is 0 Å². The van der Waals surface area contributed by atoms with Gasteiger partial charge in [0.2, 0.25) is 0 Å². The fourth-order valence-corrected chi connectivity index (χ4v) is 5.42. The number of amides is 2. The van der Waals surface area contributed by atoms with Crippen LogP contribution in [0, 0.1) is 5.82 Å². The Kier molecular flexibility index (Phi) is 4.57. The molecule has 10 heteroatoms. The molecule has 1 aromatic carbocycles. The summed E-state index contributed by atoms with van der Waals surface area (Å²) in [7, 11) is 0. The maximum absolute atomic E-state index is 13.8. The largest absolute Gasteiger partial charge is 0.393 e. The SMILES string of the molecule is O=C(c1cc2cc(F)c(Cl)cc2[nH]1)N1CCn2ncc(C(=O)N3CCC(O)CC34CC4)c2C1. The quantitative estimate of drug-likeness (QED) is 0.601. The summed E-state index contributed by atoms with van der Waals surface area (Å²) in [5, 5.41) is 15.0. The maximum Gasteiger partial charge on any atom is 0.270 e. The minimum absolute atomic E-state index is 0.00737. The molecule has 2 amide bonds. The Morgan fingerprint density at radius 1 is 1.18 bits per heavy atom. The summed E-state index contributed by atoms with van der Waals surface area (Å²) < 4.78 is 15.6. The lowest BCUT2D eigenvalue weighted by Gasteiger charge is -2.39. The molecular formula is C23H23ClFN5O3. The topological polar surface area (TPSA) is 94.5 Å². The van der Waals surface area contributed by atoms with E-state index in [1.54, 1.807) is 21.8 Å². The number of carbonyl (C=O) groups is 2. The number of piperidine rings is 1. The van der Waals surface area contributed by atoms with E-state index < -0.39 is 5.82 Å². The van der Waals surface area contributed by atoms with Crippen molar-refractivity contribution in [2.75, 3.05) is 13.1 Å². The van der Waals surface area contributed by atoms with Gasteiger partial charge in [0.25, 0.3) is 11.8 Å². The predicted molar refractivity (Wildman–Crippen MR) is 118 cm³/mol. The van der Waals surface area contributed by atoms with Crippen molar-refractivity contribution in [3.05, 3.63) is 52.2 Å². The Balaban J connectivity index is 1.26. The molecule has 8 nitrogen and oxygen atoms in total. The van der Waals surface area contributed by atoms with Gasteiger partial charge in [-0.3, -0.25) is 14.3 Å². The van der Waals surface area contributed by atoms with Crippen molar-refractivity contribution in [1.29, 1.82) is 0 Å². The monoisotopic (exact) mass is 471 g/mol. The number of fused-ring (bicyclic) bond motifs is 2. The zero-order valence-electron chi connectivity index (χ0n) is 17.9. The van der Waals surface area contributed by atoms with Crippen LogP contribution >= 0.6 is 11.6 Å². The number of aromatic nitrogens is 3. The molecule has 0 bridgehead atoms. The van der Waals surface area contributed by atoms with Gasteiger partial charge < -0.3 is 19.9 Å². The van der Waals surface area contributed by atoms with E-state index in [0.29, 0.717) is 60.3 Å². The van der Waals surface area contributed by atoms with E-state index in [9.17, 15) is 19.1 Å². The van der Waals surface area contributed by atoms with Crippen LogP contribution in [0.5, 0.6) is 0 Å². The van der Waals surface area contributed by atoms with Crippen LogP contribution in [0.3, 0.4) is 0 Å². The molecule has 4 heterocycles. The van der Waals surface area contributed by atoms with E-state index in [2.05, 4.69) is 10.1 Å². The third-order valence-corrected chi connectivity index (χ3v) is 7.52. The molecule has 1 aliphatic carbocycles. The molecule has 33 heavy (non-hydrogen) atoms. The van der Waals surface area contributed by atoms with E-state index in [1.807, 2.05) is 4.90 Å². The predicted octanol–water partition coefficient (Wildman–Crippen LogP) is 2.94. The fraction of sp³-hybridized carbons (Fsp3) is 0.435. The fourth-order valence-electron chi connectivity index (χ4n) is 5.26. The van der Waals surface area contributed by atoms with Crippen LogP contribution in [0.1, 0.15) is 52.2 Å². The maximum atomic E-state index is 13.8. The Bertz CT molecular complexity index is 1260. The molecule has 1 saturated heterocycles. The molecule has 2 aliphatic heterocycles. The van der Waals surface area contributed by atoms with Crippen molar-refractivity contribution < 1.29 is 19.1 Å². The normalized spacial score (nSPS) is 21.5. The second-order valence-electron chi connectivity index (χ2n) is 9.32. The van der Waals surface area contributed by atoms with Crippen molar-refractivity contribution in [2.45, 2.75) is 50.4 Å². The van der Waals surface area contributed by atoms with E-state index in [-0.39, 0.29) is 35.0 Å². The number of nitrogens with one attached hydrogen (secondary N) is 1. The number of halogens is 2. The Labute approximate surface area is 193 Å². The molecule has 3 aromatic rings. The second-order valence-corrected chi connectivity index (χ2v) is 9.73. The number of nitrogens with zero attached hydrogens (tertiary/aromatic N) is 4. The molecular weight excluding hydrogens is 449 g/mol. The molecule has 6 rings (SSSR count). The smallest absolute Gasteiger partial charge is 0.270 e. The van der Waals surface area contributed by atoms with E-state index >= 15 is 0 Å². The lowest BCUT2D eigenvalue weighted by atomic mass is 9.96. The van der Waals surface area contributed by atoms with Gasteiger partial charge in [-0.25, -0.2) is 4.39 Å². The molecule has 3 aliphatic rings. The summed E-state index contributed by atoms with van der Waals surface area (Å²) in [6, 6.07) is 4.38. The summed E-state index contributed by atoms with van der Waals surface area (Å²) in [5.41, 5.74) is 1.93. The van der Waals surface area contributed by atoms with Gasteiger partial charge in [0.15, 0.2) is 0 Å². The third-order valence-electron chi connectivity index (χ3n) is 7.23. The average Bonchev–Trinajstić information content (AvgIpc) is 3.23. The highest BCUT2D eigenvalue weighted by Gasteiger charge is 2.53. The number of benzene rings is 1. The van der Waals surface area contributed by atoms with Crippen LogP contribution in [-0.4, -0.2) is 66.2 Å². The van der Waals surface area contributed by atoms with Crippen molar-refractivity contribution >= 4 is 34.3 Å². The van der Waals surface area contributed by atoms with Gasteiger partial charge in [0, 0.05) is 29.5 Å². The molecule has 2 N–H and O–H groups in total. The average molecular weight is 472 g/mol. The number of H-pyrrole nitrogens is 1. The van der Waals surface area contributed by atoms with Gasteiger partial charge in [0.05, 0.1) is 41.7 Å². The minimum atomic E-state index is -0.536. The van der Waals surface area contributed by atoms with Crippen LogP contribution in [-0.2, 0) is 13.1 Å². The zero-order valence-corrected chi connectivity index (χ0v) is 18.6. The van der Waals surface area contributed by atoms with Crippen LogP contribution in [0.25, 0.3) is 10.9 Å². The van der Waals surface area contributed by atoms with E-state index in [0.717, 1.165) is 12.8 Å². The lowest BCUT2D eigenvalue weighted by Crippen LogP contribution is -2.49. The molecule has 172 valence electrons. The first-order chi connectivity index (χ1) is 15.8. The summed E-state index contributed by atoms with van der Waals surface area (Å²) in [5.74, 6) is -0.843. The van der Waals surface area contributed by atoms with E-state index in [1.165, 1.54) is 12.1 Å². The number of likely N-dealkylation sites (tertiary alicyclic amines) is 1. The van der Waals surface area contributed by atoms with Gasteiger partial charge in [-0.2, -0.15) is 5.10 Å². The molecule has 2 aromatic heterocycles. The summed E-state index contributed by atoms with van der Waals surface area (Å²) in [4.78, 5) is 33.3. The minimum Gasteiger partial charge on any atom is -0.393 e. The van der Waals surface area contributed by atoms with Crippen molar-refractivity contribution in [3.8, 4) is 0 Å². The third kappa shape index (κ3) is 3.33. The molecule has 2 fully saturated rings. The highest BCUT2D eigenvalue weighted by molar-refractivity contribution is 6.31. The highest BCUT2D eigenvalue weighted by Crippen LogP contribution is 2.49. The summed E-state index contributed by atoms with van der Waals surface area (Å²) in [6.07, 6.45) is 4.26. The van der Waals surface area contributed by atoms with E-state index in [4.69, 9.17) is 11.6 Å². The van der Waals surface area contributed by atoms with Crippen molar-refractivity contribution in [1.82, 2.24) is 24.6 Å². The number of rotatable bonds is 2. The first kappa shape index (κ1) is 20.7. The summed E-state index contributed by atoms with van der Waals surface area (Å²) >= 11 is 5.86. The Hall–Kier alpha value is -2.91. The van der Waals surface area contributed by atoms with Gasteiger partial charge >= 0.3 is 0 Å². The van der Waals surface area contributed by atoms with Crippen molar-refractivity contribution in [2.24, 2.45) is 0 Å². The number of carbonyl (C=O) groups excluding carboxylic acids is 2. The van der Waals surface area contributed by atoms with Gasteiger partial charge in [-0.05, 0) is 43.9 Å². The van der Waals surface area contributed by atoms with Crippen LogP contribution in [0.2, 0.25) is 5.02 Å². The molecule has 1 unspecified atom stereocenters. The second kappa shape index (κ2) is 7.30. The Morgan fingerprint density at radius 2 is 2.00 bits per heavy atom. The van der Waals surface area contributed by atoms with Crippen molar-refractivity contribution in [3.63, 3.8) is 0 Å². The molecule has 1 spiro atoms. The molecule has 1 atom stereocenters. The number of hydrogen-bond donors (Lipinski definition) is 2. The summed E-state index contributed by atoms with van der Waals surface area (Å²) in [6.45, 7) is 1.72. The van der Waals surface area contributed by atoms with Crippen LogP contribution in [0.15, 0.2) is 24.4 Å². The highest BCUT2D eigenvalue weighted by atomic mass is 35.5. The van der Waals surface area contributed by atoms with Gasteiger partial charge in [-0.1, -0.05) is 11.6 Å². The number of aliphatic hydroxyl groups excluding tert-OH is 1. The molecule has 0 radical (unpaired) electrons. The number of hydrogen-bond acceptors (Lipinski definition) is 4. The van der Waals surface area contributed by atoms with Gasteiger partial charge in [0.1, 0.15) is 11.5 Å². The number of aromatic amines is 1. The first-order valence-electron chi connectivity index (χ1n) is 11.2. The van der Waals surface area contributed by atoms with Gasteiger partial charge in [-0.15, -0.1) is 0 Å².